The summed E-state index contributed by atoms with van der Waals surface area (Å²) >= 11 is 0. The maximum atomic E-state index is 13.0. The Hall–Kier alpha value is -3.74. The molecule has 7 nitrogen and oxygen atoms in total. The van der Waals surface area contributed by atoms with Crippen LogP contribution in [0.1, 0.15) is 37.3 Å². The molecule has 3 amide bonds. The lowest BCUT2D eigenvalue weighted by molar-refractivity contribution is -0.139. The second-order valence-corrected chi connectivity index (χ2v) is 9.75. The number of rotatable bonds is 5. The van der Waals surface area contributed by atoms with Crippen LogP contribution in [-0.2, 0) is 25.7 Å². The maximum absolute atomic E-state index is 13.0. The van der Waals surface area contributed by atoms with E-state index >= 15 is 0 Å². The minimum Gasteiger partial charge on any atom is -0.426 e. The molecule has 3 aliphatic rings. The van der Waals surface area contributed by atoms with Gasteiger partial charge in [-0.2, -0.15) is 0 Å². The van der Waals surface area contributed by atoms with Gasteiger partial charge in [0, 0.05) is 19.5 Å². The number of carbonyl (C=O) groups is 4. The zero-order valence-corrected chi connectivity index (χ0v) is 19.9. The first kappa shape index (κ1) is 23.0. The van der Waals surface area contributed by atoms with Crippen molar-refractivity contribution >= 4 is 29.4 Å². The van der Waals surface area contributed by atoms with Gasteiger partial charge in [0.05, 0.1) is 23.4 Å². The van der Waals surface area contributed by atoms with Crippen LogP contribution in [0.15, 0.2) is 60.2 Å². The number of nitrogens with zero attached hydrogens (tertiary/aromatic N) is 2. The molecular weight excluding hydrogens is 444 g/mol. The van der Waals surface area contributed by atoms with E-state index in [9.17, 15) is 19.2 Å². The van der Waals surface area contributed by atoms with Crippen LogP contribution in [0.3, 0.4) is 0 Å². The van der Waals surface area contributed by atoms with E-state index in [1.807, 2.05) is 43.3 Å². The molecule has 2 saturated heterocycles. The second kappa shape index (κ2) is 9.13. The summed E-state index contributed by atoms with van der Waals surface area (Å²) < 4.78 is 5.59. The number of fused-ring (bicyclic) bond motifs is 1. The first-order valence-electron chi connectivity index (χ1n) is 12.0. The Bertz CT molecular complexity index is 1240. The summed E-state index contributed by atoms with van der Waals surface area (Å²) in [4.78, 5) is 54.2. The van der Waals surface area contributed by atoms with Gasteiger partial charge in [0.25, 0.3) is 0 Å². The fourth-order valence-electron chi connectivity index (χ4n) is 5.30. The third-order valence-corrected chi connectivity index (χ3v) is 7.21. The van der Waals surface area contributed by atoms with Crippen LogP contribution < -0.4 is 9.64 Å². The maximum Gasteiger partial charge on any atom is 0.316 e. The number of benzene rings is 2. The summed E-state index contributed by atoms with van der Waals surface area (Å²) in [6.45, 7) is 4.56. The molecule has 3 atom stereocenters. The minimum atomic E-state index is -0.535. The number of carbonyl (C=O) groups excluding carboxylic acids is 4. The highest BCUT2D eigenvalue weighted by Gasteiger charge is 2.49. The molecule has 2 heterocycles. The van der Waals surface area contributed by atoms with Crippen LogP contribution in [0, 0.1) is 24.7 Å². The fourth-order valence-corrected chi connectivity index (χ4v) is 5.30. The number of amides is 3. The topological polar surface area (TPSA) is 84.0 Å². The zero-order valence-electron chi connectivity index (χ0n) is 19.9. The molecule has 0 saturated carbocycles. The molecule has 5 rings (SSSR count). The van der Waals surface area contributed by atoms with Crippen molar-refractivity contribution in [2.75, 3.05) is 11.4 Å². The Morgan fingerprint density at radius 3 is 2.46 bits per heavy atom. The van der Waals surface area contributed by atoms with Crippen molar-refractivity contribution in [3.05, 3.63) is 71.3 Å². The van der Waals surface area contributed by atoms with E-state index in [0.717, 1.165) is 11.1 Å². The zero-order chi connectivity index (χ0) is 24.7. The van der Waals surface area contributed by atoms with Gasteiger partial charge in [0.15, 0.2) is 0 Å². The normalized spacial score (nSPS) is 24.0. The quantitative estimate of drug-likeness (QED) is 0.286. The number of esters is 1. The Morgan fingerprint density at radius 2 is 1.71 bits per heavy atom. The first-order chi connectivity index (χ1) is 16.8. The molecule has 2 aromatic rings. The lowest BCUT2D eigenvalue weighted by atomic mass is 9.82. The van der Waals surface area contributed by atoms with Crippen LogP contribution in [0.2, 0.25) is 0 Å². The largest absolute Gasteiger partial charge is 0.426 e. The molecule has 35 heavy (non-hydrogen) atoms. The number of hydrogen-bond donors (Lipinski definition) is 0. The smallest absolute Gasteiger partial charge is 0.316 e. The van der Waals surface area contributed by atoms with Gasteiger partial charge in [0.1, 0.15) is 5.75 Å². The number of ether oxygens (including phenoxy) is 1. The monoisotopic (exact) mass is 472 g/mol. The van der Waals surface area contributed by atoms with E-state index in [4.69, 9.17) is 4.74 Å². The predicted molar refractivity (Wildman–Crippen MR) is 129 cm³/mol. The van der Waals surface area contributed by atoms with E-state index in [0.29, 0.717) is 42.9 Å². The van der Waals surface area contributed by atoms with Crippen LogP contribution in [-0.4, -0.2) is 35.1 Å². The van der Waals surface area contributed by atoms with Crippen LogP contribution >= 0.6 is 0 Å². The number of aryl methyl sites for hydroxylation is 1. The third-order valence-electron chi connectivity index (χ3n) is 7.21. The predicted octanol–water partition coefficient (Wildman–Crippen LogP) is 3.79. The van der Waals surface area contributed by atoms with E-state index in [-0.39, 0.29) is 36.0 Å². The van der Waals surface area contributed by atoms with Crippen LogP contribution in [0.5, 0.6) is 5.75 Å². The summed E-state index contributed by atoms with van der Waals surface area (Å²) in [5.41, 5.74) is 3.35. The third kappa shape index (κ3) is 4.38. The number of anilines is 1. The van der Waals surface area contributed by atoms with E-state index < -0.39 is 11.9 Å². The van der Waals surface area contributed by atoms with Crippen LogP contribution in [0.25, 0.3) is 0 Å². The Kier molecular flexibility index (Phi) is 6.01. The van der Waals surface area contributed by atoms with Gasteiger partial charge in [-0.05, 0) is 56.0 Å². The molecule has 0 unspecified atom stereocenters. The molecule has 1 aliphatic carbocycles. The highest BCUT2D eigenvalue weighted by molar-refractivity contribution is 6.22. The Balaban J connectivity index is 1.25. The Morgan fingerprint density at radius 1 is 0.971 bits per heavy atom. The fraction of sp³-hybridized carbons (Fsp3) is 0.357. The molecule has 2 aliphatic heterocycles. The van der Waals surface area contributed by atoms with Crippen molar-refractivity contribution < 1.29 is 23.9 Å². The van der Waals surface area contributed by atoms with Gasteiger partial charge in [-0.15, -0.1) is 0 Å². The van der Waals surface area contributed by atoms with Crippen molar-refractivity contribution in [3.63, 3.8) is 0 Å². The SMILES string of the molecule is CC1=CC[C@@H]2C(=O)N(c3ccc(OC(=O)[C@@H]4CC(=O)N(Cc5ccccc5)C4)cc3C)C(=O)[C@@H]2C1. The summed E-state index contributed by atoms with van der Waals surface area (Å²) in [7, 11) is 0. The highest BCUT2D eigenvalue weighted by Crippen LogP contribution is 2.41. The molecule has 0 bridgehead atoms. The van der Waals surface area contributed by atoms with Gasteiger partial charge >= 0.3 is 5.97 Å². The summed E-state index contributed by atoms with van der Waals surface area (Å²) in [6.07, 6.45) is 3.37. The molecule has 180 valence electrons. The Labute approximate surface area is 204 Å². The second-order valence-electron chi connectivity index (χ2n) is 9.75. The molecule has 7 heteroatoms. The van der Waals surface area contributed by atoms with E-state index in [1.54, 1.807) is 30.0 Å². The number of allylic oxidation sites excluding steroid dienone is 2. The lowest BCUT2D eigenvalue weighted by Crippen LogP contribution is -2.31. The molecule has 2 fully saturated rings. The molecule has 0 radical (unpaired) electrons. The lowest BCUT2D eigenvalue weighted by Gasteiger charge is -2.19. The minimum absolute atomic E-state index is 0.0698. The van der Waals surface area contributed by atoms with Crippen molar-refractivity contribution in [1.29, 1.82) is 0 Å². The highest BCUT2D eigenvalue weighted by atomic mass is 16.5. The van der Waals surface area contributed by atoms with Crippen LogP contribution in [0.4, 0.5) is 5.69 Å². The van der Waals surface area contributed by atoms with Crippen molar-refractivity contribution in [3.8, 4) is 5.75 Å². The molecule has 0 N–H and O–H groups in total. The van der Waals surface area contributed by atoms with Crippen molar-refractivity contribution in [2.24, 2.45) is 17.8 Å². The summed E-state index contributed by atoms with van der Waals surface area (Å²) in [5, 5.41) is 0. The number of hydrogen-bond acceptors (Lipinski definition) is 5. The van der Waals surface area contributed by atoms with Crippen molar-refractivity contribution in [2.45, 2.75) is 39.7 Å². The van der Waals surface area contributed by atoms with Gasteiger partial charge in [-0.1, -0.05) is 42.0 Å². The average Bonchev–Trinajstić information content (AvgIpc) is 3.31. The van der Waals surface area contributed by atoms with Gasteiger partial charge in [-0.25, -0.2) is 4.90 Å². The van der Waals surface area contributed by atoms with Gasteiger partial charge in [0.2, 0.25) is 17.7 Å². The van der Waals surface area contributed by atoms with Gasteiger partial charge < -0.3 is 9.64 Å². The number of likely N-dealkylation sites (tertiary alicyclic amines) is 1. The van der Waals surface area contributed by atoms with E-state index in [1.165, 1.54) is 4.90 Å². The first-order valence-corrected chi connectivity index (χ1v) is 12.0. The molecular formula is C28H28N2O5. The molecule has 0 spiro atoms. The molecule has 2 aromatic carbocycles. The van der Waals surface area contributed by atoms with Crippen molar-refractivity contribution in [1.82, 2.24) is 4.90 Å². The number of imide groups is 1. The summed E-state index contributed by atoms with van der Waals surface area (Å²) in [5.74, 6) is -1.67. The van der Waals surface area contributed by atoms with Gasteiger partial charge in [-0.3, -0.25) is 19.2 Å². The van der Waals surface area contributed by atoms with E-state index in [2.05, 4.69) is 0 Å². The molecule has 0 aromatic heterocycles. The summed E-state index contributed by atoms with van der Waals surface area (Å²) in [6, 6.07) is 14.6. The average molecular weight is 473 g/mol. The standard InChI is InChI=1S/C28H28N2O5/c1-17-8-10-22-23(12-17)27(33)30(26(22)32)24-11-9-21(13-18(24)2)35-28(34)20-14-25(31)29(16-20)15-19-6-4-3-5-7-19/h3-9,11,13,20,22-23H,10,12,14-16H2,1-2H3/t20-,22+,23-/m1/s1.